The summed E-state index contributed by atoms with van der Waals surface area (Å²) in [6, 6.07) is 30.1. The van der Waals surface area contributed by atoms with E-state index in [-0.39, 0.29) is 18.0 Å². The van der Waals surface area contributed by atoms with Gasteiger partial charge in [-0.05, 0) is 54.1 Å². The van der Waals surface area contributed by atoms with Crippen LogP contribution in [0.2, 0.25) is 10.0 Å². The number of nitrogens with zero attached hydrogens (tertiary/aromatic N) is 1. The van der Waals surface area contributed by atoms with E-state index in [1.165, 1.54) is 23.9 Å². The fourth-order valence-corrected chi connectivity index (χ4v) is 6.08. The van der Waals surface area contributed by atoms with Crippen LogP contribution in [0.4, 0.5) is 5.69 Å². The predicted octanol–water partition coefficient (Wildman–Crippen LogP) is 6.97. The first kappa shape index (κ1) is 26.3. The number of para-hydroxylation sites is 1. The molecule has 0 bridgehead atoms. The summed E-state index contributed by atoms with van der Waals surface area (Å²) in [7, 11) is -3.98. The monoisotopic (exact) mass is 556 g/mol. The van der Waals surface area contributed by atoms with Gasteiger partial charge in [-0.1, -0.05) is 89.6 Å². The number of rotatable bonds is 9. The van der Waals surface area contributed by atoms with Crippen molar-refractivity contribution >= 4 is 56.6 Å². The van der Waals surface area contributed by atoms with Crippen LogP contribution in [-0.2, 0) is 21.4 Å². The topological polar surface area (TPSA) is 66.5 Å². The maximum Gasteiger partial charge on any atom is 0.243 e. The number of hydrogen-bond donors (Lipinski definition) is 1. The third-order valence-electron chi connectivity index (χ3n) is 5.18. The summed E-state index contributed by atoms with van der Waals surface area (Å²) in [4.78, 5) is 15.1. The van der Waals surface area contributed by atoms with Gasteiger partial charge in [0.1, 0.15) is 0 Å². The van der Waals surface area contributed by atoms with Crippen molar-refractivity contribution in [2.24, 2.45) is 0 Å². The van der Waals surface area contributed by atoms with E-state index in [1.54, 1.807) is 42.5 Å². The third kappa shape index (κ3) is 6.69. The highest BCUT2D eigenvalue weighted by Crippen LogP contribution is 2.33. The van der Waals surface area contributed by atoms with Crippen LogP contribution in [0.5, 0.6) is 0 Å². The Morgan fingerprint density at radius 3 is 2.14 bits per heavy atom. The van der Waals surface area contributed by atoms with Crippen molar-refractivity contribution in [1.82, 2.24) is 4.31 Å². The molecule has 1 amide bonds. The van der Waals surface area contributed by atoms with E-state index in [0.29, 0.717) is 21.3 Å². The van der Waals surface area contributed by atoms with Gasteiger partial charge >= 0.3 is 0 Å². The van der Waals surface area contributed by atoms with Crippen LogP contribution < -0.4 is 5.32 Å². The zero-order valence-electron chi connectivity index (χ0n) is 19.0. The average molecular weight is 558 g/mol. The highest BCUT2D eigenvalue weighted by atomic mass is 35.5. The molecule has 36 heavy (non-hydrogen) atoms. The van der Waals surface area contributed by atoms with Gasteiger partial charge in [-0.25, -0.2) is 8.42 Å². The van der Waals surface area contributed by atoms with E-state index in [1.807, 2.05) is 48.5 Å². The van der Waals surface area contributed by atoms with E-state index in [2.05, 4.69) is 5.32 Å². The Morgan fingerprint density at radius 1 is 0.806 bits per heavy atom. The SMILES string of the molecule is O=C(CN(Cc1ccc(Cl)c(Cl)c1)S(=O)(=O)c1ccccc1)Nc1ccccc1Sc1ccccc1. The maximum absolute atomic E-state index is 13.5. The van der Waals surface area contributed by atoms with Crippen LogP contribution in [0.25, 0.3) is 0 Å². The second-order valence-corrected chi connectivity index (χ2v) is 11.7. The molecule has 0 atom stereocenters. The lowest BCUT2D eigenvalue weighted by molar-refractivity contribution is -0.116. The lowest BCUT2D eigenvalue weighted by Gasteiger charge is -2.22. The number of nitrogens with one attached hydrogen (secondary N) is 1. The molecular weight excluding hydrogens is 535 g/mol. The molecule has 0 fully saturated rings. The van der Waals surface area contributed by atoms with Crippen LogP contribution in [0.1, 0.15) is 5.56 Å². The quantitative estimate of drug-likeness (QED) is 0.241. The largest absolute Gasteiger partial charge is 0.324 e. The van der Waals surface area contributed by atoms with E-state index in [0.717, 1.165) is 14.1 Å². The molecule has 0 radical (unpaired) electrons. The molecule has 0 aliphatic rings. The van der Waals surface area contributed by atoms with Crippen molar-refractivity contribution in [3.8, 4) is 0 Å². The molecule has 0 aliphatic carbocycles. The number of sulfonamides is 1. The lowest BCUT2D eigenvalue weighted by atomic mass is 10.2. The van der Waals surface area contributed by atoms with Crippen LogP contribution in [0.3, 0.4) is 0 Å². The highest BCUT2D eigenvalue weighted by Gasteiger charge is 2.27. The molecule has 1 N–H and O–H groups in total. The molecule has 5 nitrogen and oxygen atoms in total. The van der Waals surface area contributed by atoms with E-state index < -0.39 is 15.9 Å². The van der Waals surface area contributed by atoms with Crippen LogP contribution >= 0.6 is 35.0 Å². The molecule has 4 aromatic rings. The fraction of sp³-hybridized carbons (Fsp3) is 0.0741. The number of hydrogen-bond acceptors (Lipinski definition) is 4. The lowest BCUT2D eigenvalue weighted by Crippen LogP contribution is -2.37. The number of anilines is 1. The summed E-state index contributed by atoms with van der Waals surface area (Å²) in [6.45, 7) is -0.441. The van der Waals surface area contributed by atoms with Gasteiger partial charge in [-0.15, -0.1) is 0 Å². The number of amides is 1. The number of halogens is 2. The number of carbonyl (C=O) groups excluding carboxylic acids is 1. The van der Waals surface area contributed by atoms with Crippen LogP contribution in [-0.4, -0.2) is 25.2 Å². The average Bonchev–Trinajstić information content (AvgIpc) is 2.88. The first-order chi connectivity index (χ1) is 17.3. The van der Waals surface area contributed by atoms with Crippen molar-refractivity contribution in [1.29, 1.82) is 0 Å². The van der Waals surface area contributed by atoms with Gasteiger partial charge < -0.3 is 5.32 Å². The molecule has 184 valence electrons. The van der Waals surface area contributed by atoms with Crippen molar-refractivity contribution in [2.45, 2.75) is 21.2 Å². The minimum atomic E-state index is -3.98. The summed E-state index contributed by atoms with van der Waals surface area (Å²) in [6.07, 6.45) is 0. The Kier molecular flexibility index (Phi) is 8.72. The highest BCUT2D eigenvalue weighted by molar-refractivity contribution is 7.99. The minimum absolute atomic E-state index is 0.0536. The number of carbonyl (C=O) groups is 1. The summed E-state index contributed by atoms with van der Waals surface area (Å²) >= 11 is 13.7. The Morgan fingerprint density at radius 2 is 1.44 bits per heavy atom. The van der Waals surface area contributed by atoms with Crippen molar-refractivity contribution < 1.29 is 13.2 Å². The van der Waals surface area contributed by atoms with E-state index >= 15 is 0 Å². The molecule has 4 rings (SSSR count). The predicted molar refractivity (Wildman–Crippen MR) is 146 cm³/mol. The summed E-state index contributed by atoms with van der Waals surface area (Å²) in [5.41, 5.74) is 1.21. The maximum atomic E-state index is 13.5. The first-order valence-electron chi connectivity index (χ1n) is 10.9. The van der Waals surface area contributed by atoms with Gasteiger partial charge in [0.25, 0.3) is 0 Å². The van der Waals surface area contributed by atoms with Gasteiger partial charge in [-0.2, -0.15) is 4.31 Å². The molecule has 0 saturated heterocycles. The third-order valence-corrected chi connectivity index (χ3v) is 8.80. The van der Waals surface area contributed by atoms with Crippen LogP contribution in [0, 0.1) is 0 Å². The van der Waals surface area contributed by atoms with Gasteiger partial charge in [0.05, 0.1) is 27.2 Å². The van der Waals surface area contributed by atoms with E-state index in [4.69, 9.17) is 23.2 Å². The smallest absolute Gasteiger partial charge is 0.243 e. The molecular formula is C27H22Cl2N2O3S2. The molecule has 0 aliphatic heterocycles. The second kappa shape index (κ2) is 12.0. The molecule has 0 heterocycles. The van der Waals surface area contributed by atoms with Crippen molar-refractivity contribution in [3.63, 3.8) is 0 Å². The molecule has 0 saturated carbocycles. The Bertz CT molecular complexity index is 1450. The first-order valence-corrected chi connectivity index (χ1v) is 13.9. The zero-order chi connectivity index (χ0) is 25.5. The molecule has 9 heteroatoms. The van der Waals surface area contributed by atoms with E-state index in [9.17, 15) is 13.2 Å². The molecule has 0 unspecified atom stereocenters. The summed E-state index contributed by atoms with van der Waals surface area (Å²) in [5.74, 6) is -0.462. The van der Waals surface area contributed by atoms with Gasteiger partial charge in [0, 0.05) is 16.3 Å². The summed E-state index contributed by atoms with van der Waals surface area (Å²) < 4.78 is 28.1. The minimum Gasteiger partial charge on any atom is -0.324 e. The van der Waals surface area contributed by atoms with Gasteiger partial charge in [-0.3, -0.25) is 4.79 Å². The standard InChI is InChI=1S/C27H22Cl2N2O3S2/c28-23-16-15-20(17-24(23)29)18-31(36(33,34)22-11-5-2-6-12-22)19-27(32)30-25-13-7-8-14-26(25)35-21-9-3-1-4-10-21/h1-17H,18-19H2,(H,30,32). The molecule has 0 spiro atoms. The Hall–Kier alpha value is -2.81. The van der Waals surface area contributed by atoms with Crippen molar-refractivity contribution in [3.05, 3.63) is 119 Å². The second-order valence-electron chi connectivity index (χ2n) is 7.79. The Balaban J connectivity index is 1.58. The van der Waals surface area contributed by atoms with Crippen molar-refractivity contribution in [2.75, 3.05) is 11.9 Å². The molecule has 0 aromatic heterocycles. The molecule has 4 aromatic carbocycles. The Labute approximate surface area is 225 Å². The zero-order valence-corrected chi connectivity index (χ0v) is 22.1. The number of benzene rings is 4. The van der Waals surface area contributed by atoms with Crippen LogP contribution in [0.15, 0.2) is 118 Å². The fourth-order valence-electron chi connectivity index (χ4n) is 3.43. The normalized spacial score (nSPS) is 11.4. The van der Waals surface area contributed by atoms with Gasteiger partial charge in [0.15, 0.2) is 0 Å². The van der Waals surface area contributed by atoms with Gasteiger partial charge in [0.2, 0.25) is 15.9 Å². The summed E-state index contributed by atoms with van der Waals surface area (Å²) in [5, 5.41) is 3.55.